The molecule has 34 heavy (non-hydrogen) atoms. The van der Waals surface area contributed by atoms with Gasteiger partial charge in [-0.3, -0.25) is 4.79 Å². The Bertz CT molecular complexity index is 1290. The third-order valence-corrected chi connectivity index (χ3v) is 7.48. The zero-order chi connectivity index (χ0) is 23.5. The molecule has 4 aromatic rings. The molecule has 0 bridgehead atoms. The van der Waals surface area contributed by atoms with Gasteiger partial charge in [-0.2, -0.15) is 5.10 Å². The normalized spacial score (nSPS) is 15.6. The molecule has 1 unspecified atom stereocenters. The summed E-state index contributed by atoms with van der Waals surface area (Å²) in [7, 11) is 0. The van der Waals surface area contributed by atoms with Crippen molar-refractivity contribution in [2.45, 2.75) is 44.4 Å². The third-order valence-electron chi connectivity index (χ3n) is 5.61. The standard InChI is InChI=1S/C25H25N5O2S2/c1-3-11-29-24(18-8-4-7-17(2)14-18)26-27-25(29)34-16-23(31)30-20(21-9-5-12-32-21)15-19(28-30)22-10-6-13-33-22/h4-10,12-14,20H,3,11,15-16H2,1-2H3. The largest absolute Gasteiger partial charge is 0.467 e. The average molecular weight is 492 g/mol. The van der Waals surface area contributed by atoms with Crippen LogP contribution >= 0.6 is 23.1 Å². The van der Waals surface area contributed by atoms with Gasteiger partial charge in [-0.15, -0.1) is 21.5 Å². The summed E-state index contributed by atoms with van der Waals surface area (Å²) in [5.74, 6) is 1.70. The highest BCUT2D eigenvalue weighted by Crippen LogP contribution is 2.35. The van der Waals surface area contributed by atoms with E-state index >= 15 is 0 Å². The number of hydrazone groups is 1. The zero-order valence-electron chi connectivity index (χ0n) is 19.0. The van der Waals surface area contributed by atoms with Crippen LogP contribution in [0.15, 0.2) is 74.8 Å². The molecule has 4 heterocycles. The molecule has 0 saturated heterocycles. The smallest absolute Gasteiger partial charge is 0.253 e. The number of aromatic nitrogens is 3. The van der Waals surface area contributed by atoms with Crippen molar-refractivity contribution < 1.29 is 9.21 Å². The van der Waals surface area contributed by atoms with E-state index in [1.807, 2.05) is 41.8 Å². The minimum atomic E-state index is -0.239. The van der Waals surface area contributed by atoms with Crippen molar-refractivity contribution in [2.75, 3.05) is 5.75 Å². The Hall–Kier alpha value is -3.17. The summed E-state index contributed by atoms with van der Waals surface area (Å²) in [6.45, 7) is 4.97. The monoisotopic (exact) mass is 491 g/mol. The Morgan fingerprint density at radius 3 is 2.85 bits per heavy atom. The number of furan rings is 1. The lowest BCUT2D eigenvalue weighted by Crippen LogP contribution is -2.28. The number of hydrogen-bond donors (Lipinski definition) is 0. The van der Waals surface area contributed by atoms with Crippen LogP contribution in [-0.2, 0) is 11.3 Å². The lowest BCUT2D eigenvalue weighted by molar-refractivity contribution is -0.130. The van der Waals surface area contributed by atoms with Gasteiger partial charge in [-0.1, -0.05) is 48.5 Å². The van der Waals surface area contributed by atoms with Crippen molar-refractivity contribution in [1.29, 1.82) is 0 Å². The second-order valence-corrected chi connectivity index (χ2v) is 10.0. The summed E-state index contributed by atoms with van der Waals surface area (Å²) in [4.78, 5) is 14.4. The van der Waals surface area contributed by atoms with Crippen molar-refractivity contribution in [3.05, 3.63) is 76.4 Å². The molecule has 0 spiro atoms. The van der Waals surface area contributed by atoms with Crippen molar-refractivity contribution in [2.24, 2.45) is 5.10 Å². The maximum absolute atomic E-state index is 13.3. The number of hydrogen-bond acceptors (Lipinski definition) is 7. The van der Waals surface area contributed by atoms with Gasteiger partial charge in [0.1, 0.15) is 11.8 Å². The van der Waals surface area contributed by atoms with E-state index in [0.29, 0.717) is 6.42 Å². The number of aryl methyl sites for hydroxylation is 1. The Balaban J connectivity index is 1.36. The van der Waals surface area contributed by atoms with Gasteiger partial charge in [0.2, 0.25) is 0 Å². The van der Waals surface area contributed by atoms with Crippen molar-refractivity contribution in [3.8, 4) is 11.4 Å². The maximum Gasteiger partial charge on any atom is 0.253 e. The molecule has 9 heteroatoms. The minimum absolute atomic E-state index is 0.0823. The van der Waals surface area contributed by atoms with Crippen molar-refractivity contribution in [3.63, 3.8) is 0 Å². The number of thioether (sulfide) groups is 1. The van der Waals surface area contributed by atoms with Crippen LogP contribution in [0.2, 0.25) is 0 Å². The highest BCUT2D eigenvalue weighted by atomic mass is 32.2. The predicted octanol–water partition coefficient (Wildman–Crippen LogP) is 5.79. The zero-order valence-corrected chi connectivity index (χ0v) is 20.7. The van der Waals surface area contributed by atoms with E-state index in [-0.39, 0.29) is 17.7 Å². The van der Waals surface area contributed by atoms with Gasteiger partial charge in [0, 0.05) is 18.5 Å². The highest BCUT2D eigenvalue weighted by Gasteiger charge is 2.35. The molecular weight excluding hydrogens is 466 g/mol. The number of rotatable bonds is 8. The Labute approximate surface area is 206 Å². The Kier molecular flexibility index (Phi) is 6.64. The molecule has 1 amide bonds. The highest BCUT2D eigenvalue weighted by molar-refractivity contribution is 7.99. The van der Waals surface area contributed by atoms with Gasteiger partial charge in [-0.25, -0.2) is 5.01 Å². The molecule has 5 rings (SSSR count). The quantitative estimate of drug-likeness (QED) is 0.292. The molecule has 1 aromatic carbocycles. The molecule has 1 aliphatic heterocycles. The van der Waals surface area contributed by atoms with Gasteiger partial charge in [0.25, 0.3) is 5.91 Å². The van der Waals surface area contributed by atoms with E-state index < -0.39 is 0 Å². The summed E-state index contributed by atoms with van der Waals surface area (Å²) in [5, 5.41) is 17.9. The van der Waals surface area contributed by atoms with Gasteiger partial charge >= 0.3 is 0 Å². The second-order valence-electron chi connectivity index (χ2n) is 8.11. The van der Waals surface area contributed by atoms with E-state index in [1.165, 1.54) is 17.3 Å². The topological polar surface area (TPSA) is 76.5 Å². The molecule has 3 aromatic heterocycles. The van der Waals surface area contributed by atoms with Gasteiger partial charge < -0.3 is 8.98 Å². The first-order chi connectivity index (χ1) is 16.6. The van der Waals surface area contributed by atoms with Crippen LogP contribution < -0.4 is 0 Å². The third kappa shape index (κ3) is 4.58. The fourth-order valence-electron chi connectivity index (χ4n) is 4.05. The van der Waals surface area contributed by atoms with Crippen LogP contribution in [0.4, 0.5) is 0 Å². The summed E-state index contributed by atoms with van der Waals surface area (Å²) in [6.07, 6.45) is 3.21. The van der Waals surface area contributed by atoms with E-state index in [9.17, 15) is 4.79 Å². The molecule has 1 atom stereocenters. The van der Waals surface area contributed by atoms with Crippen LogP contribution in [0, 0.1) is 6.92 Å². The molecular formula is C25H25N5O2S2. The van der Waals surface area contributed by atoms with Crippen LogP contribution in [0.3, 0.4) is 0 Å². The first-order valence-corrected chi connectivity index (χ1v) is 13.1. The van der Waals surface area contributed by atoms with Gasteiger partial charge in [0.05, 0.1) is 22.6 Å². The molecule has 0 fully saturated rings. The SMILES string of the molecule is CCCn1c(SCC(=O)N2N=C(c3cccs3)CC2c2ccco2)nnc1-c1cccc(C)c1. The lowest BCUT2D eigenvalue weighted by atomic mass is 10.1. The fraction of sp³-hybridized carbons (Fsp3) is 0.280. The molecule has 0 N–H and O–H groups in total. The number of carbonyl (C=O) groups excluding carboxylic acids is 1. The van der Waals surface area contributed by atoms with Crippen LogP contribution in [0.25, 0.3) is 11.4 Å². The first-order valence-electron chi connectivity index (χ1n) is 11.2. The maximum atomic E-state index is 13.3. The van der Waals surface area contributed by atoms with E-state index in [1.54, 1.807) is 22.6 Å². The van der Waals surface area contributed by atoms with E-state index in [2.05, 4.69) is 40.7 Å². The summed E-state index contributed by atoms with van der Waals surface area (Å²) in [6, 6.07) is 15.8. The molecule has 0 aliphatic carbocycles. The van der Waals surface area contributed by atoms with E-state index in [0.717, 1.165) is 45.9 Å². The van der Waals surface area contributed by atoms with E-state index in [4.69, 9.17) is 9.52 Å². The molecule has 7 nitrogen and oxygen atoms in total. The van der Waals surface area contributed by atoms with Crippen molar-refractivity contribution >= 4 is 34.7 Å². The number of nitrogens with zero attached hydrogens (tertiary/aromatic N) is 5. The average Bonchev–Trinajstić information content (AvgIpc) is 3.64. The molecule has 0 saturated carbocycles. The summed E-state index contributed by atoms with van der Waals surface area (Å²) >= 11 is 3.03. The second kappa shape index (κ2) is 9.99. The van der Waals surface area contributed by atoms with Gasteiger partial charge in [-0.05, 0) is 43.0 Å². The molecule has 174 valence electrons. The minimum Gasteiger partial charge on any atom is -0.467 e. The first kappa shape index (κ1) is 22.6. The Morgan fingerprint density at radius 2 is 2.12 bits per heavy atom. The van der Waals surface area contributed by atoms with Crippen LogP contribution in [0.1, 0.15) is 42.0 Å². The number of benzene rings is 1. The van der Waals surface area contributed by atoms with Crippen LogP contribution in [-0.4, -0.2) is 37.1 Å². The molecule has 0 radical (unpaired) electrons. The predicted molar refractivity (Wildman–Crippen MR) is 135 cm³/mol. The Morgan fingerprint density at radius 1 is 1.21 bits per heavy atom. The molecule has 1 aliphatic rings. The van der Waals surface area contributed by atoms with Gasteiger partial charge in [0.15, 0.2) is 11.0 Å². The number of carbonyl (C=O) groups is 1. The summed E-state index contributed by atoms with van der Waals surface area (Å²) < 4.78 is 7.74. The van der Waals surface area contributed by atoms with Crippen LogP contribution in [0.5, 0.6) is 0 Å². The summed E-state index contributed by atoms with van der Waals surface area (Å²) in [5.41, 5.74) is 3.11. The van der Waals surface area contributed by atoms with Crippen molar-refractivity contribution in [1.82, 2.24) is 19.8 Å². The fourth-order valence-corrected chi connectivity index (χ4v) is 5.58. The number of thiophene rings is 1. The number of amides is 1. The lowest BCUT2D eigenvalue weighted by Gasteiger charge is -2.19.